The first kappa shape index (κ1) is 10.5. The molecule has 17 heavy (non-hydrogen) atoms. The van der Waals surface area contributed by atoms with Crippen LogP contribution in [0.1, 0.15) is 22.3 Å². The Balaban J connectivity index is 2.27. The van der Waals surface area contributed by atoms with Crippen LogP contribution in [-0.4, -0.2) is 0 Å². The van der Waals surface area contributed by atoms with Crippen molar-refractivity contribution >= 4 is 0 Å². The summed E-state index contributed by atoms with van der Waals surface area (Å²) in [5.74, 6) is 0. The molecule has 0 bridgehead atoms. The summed E-state index contributed by atoms with van der Waals surface area (Å²) in [7, 11) is 0. The van der Waals surface area contributed by atoms with Gasteiger partial charge in [-0.1, -0.05) is 48.5 Å². The van der Waals surface area contributed by atoms with Crippen molar-refractivity contribution in [3.05, 3.63) is 70.8 Å². The zero-order chi connectivity index (χ0) is 11.9. The maximum atomic E-state index is 6.38. The van der Waals surface area contributed by atoms with Crippen molar-refractivity contribution in [3.63, 3.8) is 0 Å². The highest BCUT2D eigenvalue weighted by Gasteiger charge is 2.31. The van der Waals surface area contributed by atoms with Gasteiger partial charge in [-0.05, 0) is 35.1 Å². The van der Waals surface area contributed by atoms with Gasteiger partial charge in [0.25, 0.3) is 0 Å². The van der Waals surface area contributed by atoms with Crippen molar-refractivity contribution in [2.75, 3.05) is 0 Å². The van der Waals surface area contributed by atoms with Crippen molar-refractivity contribution in [2.24, 2.45) is 11.5 Å². The molecular weight excluding hydrogens is 208 g/mol. The molecule has 1 aliphatic carbocycles. The molecule has 86 valence electrons. The fourth-order valence-electron chi connectivity index (χ4n) is 2.70. The average molecular weight is 224 g/mol. The zero-order valence-electron chi connectivity index (χ0n) is 9.69. The highest BCUT2D eigenvalue weighted by molar-refractivity contribution is 5.47. The van der Waals surface area contributed by atoms with Crippen molar-refractivity contribution in [2.45, 2.75) is 18.5 Å². The fraction of sp³-hybridized carbons (Fsp3) is 0.200. The van der Waals surface area contributed by atoms with Gasteiger partial charge < -0.3 is 11.5 Å². The number of aryl methyl sites for hydroxylation is 2. The summed E-state index contributed by atoms with van der Waals surface area (Å²) in [6.07, 6.45) is 2.01. The van der Waals surface area contributed by atoms with Crippen LogP contribution < -0.4 is 11.5 Å². The van der Waals surface area contributed by atoms with E-state index in [1.165, 1.54) is 11.1 Å². The second kappa shape index (κ2) is 3.69. The number of rotatable bonds is 0. The molecule has 0 spiro atoms. The van der Waals surface area contributed by atoms with E-state index in [0.29, 0.717) is 0 Å². The molecule has 0 atom stereocenters. The Labute approximate surface area is 101 Å². The first-order chi connectivity index (χ1) is 8.19. The van der Waals surface area contributed by atoms with E-state index in [2.05, 4.69) is 12.1 Å². The van der Waals surface area contributed by atoms with E-state index in [9.17, 15) is 0 Å². The summed E-state index contributed by atoms with van der Waals surface area (Å²) in [6.45, 7) is 0. The fourth-order valence-corrected chi connectivity index (χ4v) is 2.70. The Morgan fingerprint density at radius 3 is 1.59 bits per heavy atom. The number of nitrogens with two attached hydrogens (primary N) is 2. The van der Waals surface area contributed by atoms with Crippen LogP contribution in [0.3, 0.4) is 0 Å². The third-order valence-electron chi connectivity index (χ3n) is 3.59. The highest BCUT2D eigenvalue weighted by Crippen LogP contribution is 2.31. The summed E-state index contributed by atoms with van der Waals surface area (Å²) in [5, 5.41) is 0. The molecule has 0 saturated carbocycles. The normalized spacial score (nSPS) is 16.8. The molecule has 1 aliphatic rings. The van der Waals surface area contributed by atoms with Crippen LogP contribution in [0.15, 0.2) is 48.5 Å². The second-order valence-electron chi connectivity index (χ2n) is 4.68. The van der Waals surface area contributed by atoms with Crippen LogP contribution in [0.25, 0.3) is 0 Å². The van der Waals surface area contributed by atoms with Gasteiger partial charge in [-0.15, -0.1) is 0 Å². The van der Waals surface area contributed by atoms with Gasteiger partial charge in [0.05, 0.1) is 0 Å². The summed E-state index contributed by atoms with van der Waals surface area (Å²) in [5.41, 5.74) is 16.5. The Morgan fingerprint density at radius 2 is 1.12 bits per heavy atom. The Bertz CT molecular complexity index is 509. The Morgan fingerprint density at radius 1 is 0.706 bits per heavy atom. The molecule has 0 unspecified atom stereocenters. The molecule has 2 aromatic rings. The van der Waals surface area contributed by atoms with Gasteiger partial charge in [-0.3, -0.25) is 0 Å². The monoisotopic (exact) mass is 224 g/mol. The van der Waals surface area contributed by atoms with Gasteiger partial charge in [-0.25, -0.2) is 0 Å². The Kier molecular flexibility index (Phi) is 2.28. The lowest BCUT2D eigenvalue weighted by Crippen LogP contribution is -2.47. The molecule has 2 nitrogen and oxygen atoms in total. The highest BCUT2D eigenvalue weighted by atomic mass is 15.0. The van der Waals surface area contributed by atoms with E-state index in [1.54, 1.807) is 0 Å². The molecule has 0 aliphatic heterocycles. The quantitative estimate of drug-likeness (QED) is 0.671. The molecule has 4 N–H and O–H groups in total. The van der Waals surface area contributed by atoms with E-state index < -0.39 is 5.66 Å². The summed E-state index contributed by atoms with van der Waals surface area (Å²) in [6, 6.07) is 16.4. The predicted octanol–water partition coefficient (Wildman–Crippen LogP) is 1.90. The van der Waals surface area contributed by atoms with E-state index in [4.69, 9.17) is 11.5 Å². The molecule has 0 aromatic heterocycles. The van der Waals surface area contributed by atoms with Gasteiger partial charge in [0.2, 0.25) is 0 Å². The minimum atomic E-state index is -0.871. The van der Waals surface area contributed by atoms with Gasteiger partial charge >= 0.3 is 0 Å². The minimum Gasteiger partial charge on any atom is -0.306 e. The second-order valence-corrected chi connectivity index (χ2v) is 4.68. The minimum absolute atomic E-state index is 0.871. The third kappa shape index (κ3) is 1.57. The van der Waals surface area contributed by atoms with Crippen molar-refractivity contribution in [1.82, 2.24) is 0 Å². The molecule has 2 heteroatoms. The van der Waals surface area contributed by atoms with Crippen LogP contribution in [0.2, 0.25) is 0 Å². The number of hydrogen-bond donors (Lipinski definition) is 2. The van der Waals surface area contributed by atoms with E-state index >= 15 is 0 Å². The molecule has 3 rings (SSSR count). The van der Waals surface area contributed by atoms with Crippen molar-refractivity contribution in [3.8, 4) is 0 Å². The first-order valence-corrected chi connectivity index (χ1v) is 5.94. The number of hydrogen-bond acceptors (Lipinski definition) is 2. The maximum absolute atomic E-state index is 6.38. The van der Waals surface area contributed by atoms with E-state index in [1.807, 2.05) is 36.4 Å². The SMILES string of the molecule is NC1(N)c2ccccc2CCc2ccccc21. The lowest BCUT2D eigenvalue weighted by molar-refractivity contribution is 0.564. The molecule has 0 heterocycles. The Hall–Kier alpha value is -1.64. The van der Waals surface area contributed by atoms with E-state index in [0.717, 1.165) is 24.0 Å². The molecule has 2 aromatic carbocycles. The lowest BCUT2D eigenvalue weighted by atomic mass is 9.89. The molecule has 0 saturated heterocycles. The third-order valence-corrected chi connectivity index (χ3v) is 3.59. The van der Waals surface area contributed by atoms with Gasteiger partial charge in [0.1, 0.15) is 5.66 Å². The standard InChI is InChI=1S/C15H16N2/c16-15(17)13-7-3-1-5-11(13)9-10-12-6-2-4-8-14(12)15/h1-8H,9-10,16-17H2. The summed E-state index contributed by atoms with van der Waals surface area (Å²) >= 11 is 0. The van der Waals surface area contributed by atoms with E-state index in [-0.39, 0.29) is 0 Å². The predicted molar refractivity (Wildman–Crippen MR) is 69.4 cm³/mol. The smallest absolute Gasteiger partial charge is 0.117 e. The first-order valence-electron chi connectivity index (χ1n) is 5.94. The topological polar surface area (TPSA) is 52.0 Å². The van der Waals surface area contributed by atoms with Crippen LogP contribution in [0.5, 0.6) is 0 Å². The van der Waals surface area contributed by atoms with Crippen LogP contribution in [-0.2, 0) is 18.5 Å². The van der Waals surface area contributed by atoms with Gasteiger partial charge in [0.15, 0.2) is 0 Å². The van der Waals surface area contributed by atoms with Crippen LogP contribution >= 0.6 is 0 Å². The maximum Gasteiger partial charge on any atom is 0.117 e. The van der Waals surface area contributed by atoms with Crippen LogP contribution in [0.4, 0.5) is 0 Å². The number of fused-ring (bicyclic) bond motifs is 2. The van der Waals surface area contributed by atoms with Gasteiger partial charge in [-0.2, -0.15) is 0 Å². The van der Waals surface area contributed by atoms with Gasteiger partial charge in [0, 0.05) is 0 Å². The molecule has 0 fully saturated rings. The number of benzene rings is 2. The summed E-state index contributed by atoms with van der Waals surface area (Å²) in [4.78, 5) is 0. The zero-order valence-corrected chi connectivity index (χ0v) is 9.69. The molecular formula is C15H16N2. The average Bonchev–Trinajstić information content (AvgIpc) is 2.47. The largest absolute Gasteiger partial charge is 0.306 e. The molecule has 0 radical (unpaired) electrons. The van der Waals surface area contributed by atoms with Crippen molar-refractivity contribution < 1.29 is 0 Å². The summed E-state index contributed by atoms with van der Waals surface area (Å²) < 4.78 is 0. The lowest BCUT2D eigenvalue weighted by Gasteiger charge is -2.27. The van der Waals surface area contributed by atoms with Crippen LogP contribution in [0, 0.1) is 0 Å². The molecule has 0 amide bonds. The van der Waals surface area contributed by atoms with Crippen molar-refractivity contribution in [1.29, 1.82) is 0 Å².